The Kier molecular flexibility index (Phi) is 2.11. The van der Waals surface area contributed by atoms with Gasteiger partial charge in [0.2, 0.25) is 5.91 Å². The van der Waals surface area contributed by atoms with E-state index in [0.717, 1.165) is 5.56 Å². The minimum Gasteiger partial charge on any atom is -0.339 e. The molecule has 0 aromatic heterocycles. The lowest BCUT2D eigenvalue weighted by Gasteiger charge is -2.22. The van der Waals surface area contributed by atoms with E-state index in [4.69, 9.17) is 0 Å². The molecule has 3 heteroatoms. The number of carbonyl (C=O) groups is 2. The molecule has 2 unspecified atom stereocenters. The zero-order valence-electron chi connectivity index (χ0n) is 8.78. The fourth-order valence-corrected chi connectivity index (χ4v) is 1.95. The summed E-state index contributed by atoms with van der Waals surface area (Å²) < 4.78 is 0. The maximum Gasteiger partial charge on any atom is 0.231 e. The summed E-state index contributed by atoms with van der Waals surface area (Å²) in [6.45, 7) is 3.40. The molecular weight excluding hydrogens is 190 g/mol. The first-order valence-electron chi connectivity index (χ1n) is 4.97. The van der Waals surface area contributed by atoms with Crippen molar-refractivity contribution in [3.05, 3.63) is 35.9 Å². The van der Waals surface area contributed by atoms with Crippen molar-refractivity contribution < 1.29 is 9.59 Å². The quantitative estimate of drug-likeness (QED) is 0.698. The largest absolute Gasteiger partial charge is 0.339 e. The molecule has 0 bridgehead atoms. The lowest BCUT2D eigenvalue weighted by atomic mass is 9.87. The number of hydrogen-bond acceptors (Lipinski definition) is 2. The van der Waals surface area contributed by atoms with Gasteiger partial charge in [-0.15, -0.1) is 0 Å². The van der Waals surface area contributed by atoms with Gasteiger partial charge < -0.3 is 5.32 Å². The minimum atomic E-state index is -0.849. The van der Waals surface area contributed by atoms with E-state index in [9.17, 15) is 9.59 Å². The van der Waals surface area contributed by atoms with Crippen LogP contribution in [0.25, 0.3) is 0 Å². The molecule has 15 heavy (non-hydrogen) atoms. The summed E-state index contributed by atoms with van der Waals surface area (Å²) in [5.74, 6) is -0.791. The highest BCUT2D eigenvalue weighted by Gasteiger charge is 2.48. The van der Waals surface area contributed by atoms with Crippen molar-refractivity contribution in [1.82, 2.24) is 5.32 Å². The molecule has 1 amide bonds. The second-order valence-corrected chi connectivity index (χ2v) is 4.07. The maximum atomic E-state index is 12.0. The molecule has 2 atom stereocenters. The highest BCUT2D eigenvalue weighted by Crippen LogP contribution is 2.30. The van der Waals surface area contributed by atoms with E-state index >= 15 is 0 Å². The van der Waals surface area contributed by atoms with Crippen LogP contribution in [0.3, 0.4) is 0 Å². The van der Waals surface area contributed by atoms with E-state index in [1.165, 1.54) is 0 Å². The summed E-state index contributed by atoms with van der Waals surface area (Å²) in [7, 11) is 0. The summed E-state index contributed by atoms with van der Waals surface area (Å²) in [5.41, 5.74) is -0.00898. The summed E-state index contributed by atoms with van der Waals surface area (Å²) in [6, 6.07) is 9.33. The minimum absolute atomic E-state index is 0.0568. The van der Waals surface area contributed by atoms with E-state index in [1.807, 2.05) is 30.3 Å². The maximum absolute atomic E-state index is 12.0. The Labute approximate surface area is 88.5 Å². The lowest BCUT2D eigenvalue weighted by Crippen LogP contribution is -2.40. The van der Waals surface area contributed by atoms with Gasteiger partial charge in [-0.25, -0.2) is 0 Å². The molecule has 2 rings (SSSR count). The van der Waals surface area contributed by atoms with Gasteiger partial charge in [-0.05, 0) is 19.4 Å². The number of hydrogen-bond donors (Lipinski definition) is 1. The Morgan fingerprint density at radius 1 is 1.20 bits per heavy atom. The third-order valence-electron chi connectivity index (χ3n) is 3.00. The van der Waals surface area contributed by atoms with E-state index in [0.29, 0.717) is 0 Å². The molecule has 1 N–H and O–H groups in total. The van der Waals surface area contributed by atoms with Gasteiger partial charge in [-0.3, -0.25) is 9.59 Å². The van der Waals surface area contributed by atoms with Gasteiger partial charge in [-0.1, -0.05) is 30.3 Å². The Morgan fingerprint density at radius 2 is 1.80 bits per heavy atom. The summed E-state index contributed by atoms with van der Waals surface area (Å²) >= 11 is 0. The van der Waals surface area contributed by atoms with Gasteiger partial charge >= 0.3 is 0 Å². The number of Topliss-reactive ketones (excluding diaryl/α,β-unsaturated/α-hetero) is 1. The standard InChI is InChI=1S/C12H13NO2/c1-8-10(14)12(2,13-11(8)15)9-6-4-3-5-7-9/h3-8H,1-2H3,(H,13,15). The van der Waals surface area contributed by atoms with Crippen LogP contribution in [0, 0.1) is 5.92 Å². The van der Waals surface area contributed by atoms with Crippen LogP contribution in [0.1, 0.15) is 19.4 Å². The van der Waals surface area contributed by atoms with Crippen LogP contribution in [0.2, 0.25) is 0 Å². The summed E-state index contributed by atoms with van der Waals surface area (Å²) in [4.78, 5) is 23.4. The predicted molar refractivity (Wildman–Crippen MR) is 56.1 cm³/mol. The molecule has 1 aliphatic rings. The van der Waals surface area contributed by atoms with Gasteiger partial charge in [0.15, 0.2) is 5.78 Å². The average molecular weight is 203 g/mol. The average Bonchev–Trinajstić information content (AvgIpc) is 2.45. The van der Waals surface area contributed by atoms with Crippen molar-refractivity contribution >= 4 is 11.7 Å². The first-order valence-corrected chi connectivity index (χ1v) is 4.97. The van der Waals surface area contributed by atoms with Crippen LogP contribution in [-0.2, 0) is 15.1 Å². The summed E-state index contributed by atoms with van der Waals surface area (Å²) in [6.07, 6.45) is 0. The Hall–Kier alpha value is -1.64. The Bertz CT molecular complexity index is 413. The molecule has 0 aliphatic carbocycles. The number of ketones is 1. The van der Waals surface area contributed by atoms with Crippen LogP contribution in [0.4, 0.5) is 0 Å². The van der Waals surface area contributed by atoms with Crippen molar-refractivity contribution in [3.63, 3.8) is 0 Å². The first-order chi connectivity index (χ1) is 7.05. The van der Waals surface area contributed by atoms with E-state index in [1.54, 1.807) is 13.8 Å². The van der Waals surface area contributed by atoms with Gasteiger partial charge in [0.05, 0.1) is 5.92 Å². The van der Waals surface area contributed by atoms with Crippen LogP contribution in [0.15, 0.2) is 30.3 Å². The van der Waals surface area contributed by atoms with E-state index in [2.05, 4.69) is 5.32 Å². The summed E-state index contributed by atoms with van der Waals surface area (Å²) in [5, 5.41) is 2.76. The van der Waals surface area contributed by atoms with Gasteiger partial charge in [-0.2, -0.15) is 0 Å². The van der Waals surface area contributed by atoms with Crippen molar-refractivity contribution in [3.8, 4) is 0 Å². The topological polar surface area (TPSA) is 46.2 Å². The number of rotatable bonds is 1. The number of nitrogens with one attached hydrogen (secondary N) is 1. The van der Waals surface area contributed by atoms with Crippen LogP contribution < -0.4 is 5.32 Å². The molecule has 78 valence electrons. The zero-order valence-corrected chi connectivity index (χ0v) is 8.78. The smallest absolute Gasteiger partial charge is 0.231 e. The fourth-order valence-electron chi connectivity index (χ4n) is 1.95. The van der Waals surface area contributed by atoms with Crippen LogP contribution >= 0.6 is 0 Å². The highest BCUT2D eigenvalue weighted by atomic mass is 16.2. The number of carbonyl (C=O) groups excluding carboxylic acids is 2. The predicted octanol–water partition coefficient (Wildman–Crippen LogP) is 1.24. The second-order valence-electron chi connectivity index (χ2n) is 4.07. The van der Waals surface area contributed by atoms with Crippen molar-refractivity contribution in [2.75, 3.05) is 0 Å². The van der Waals surface area contributed by atoms with E-state index in [-0.39, 0.29) is 11.7 Å². The van der Waals surface area contributed by atoms with Gasteiger partial charge in [0.25, 0.3) is 0 Å². The molecule has 0 saturated carbocycles. The van der Waals surface area contributed by atoms with Crippen LogP contribution in [0.5, 0.6) is 0 Å². The normalized spacial score (nSPS) is 30.4. The van der Waals surface area contributed by atoms with Gasteiger partial charge in [0, 0.05) is 0 Å². The molecule has 3 nitrogen and oxygen atoms in total. The SMILES string of the molecule is CC1C(=O)NC(C)(c2ccccc2)C1=O. The highest BCUT2D eigenvalue weighted by molar-refractivity contribution is 6.12. The zero-order chi connectivity index (χ0) is 11.1. The number of amides is 1. The third kappa shape index (κ3) is 1.35. The Morgan fingerprint density at radius 3 is 2.27 bits per heavy atom. The number of benzene rings is 1. The van der Waals surface area contributed by atoms with E-state index < -0.39 is 11.5 Å². The molecular formula is C12H13NO2. The molecule has 1 aromatic carbocycles. The molecule has 1 heterocycles. The van der Waals surface area contributed by atoms with Crippen molar-refractivity contribution in [1.29, 1.82) is 0 Å². The molecule has 0 radical (unpaired) electrons. The second kappa shape index (κ2) is 3.19. The van der Waals surface area contributed by atoms with Crippen molar-refractivity contribution in [2.24, 2.45) is 5.92 Å². The molecule has 0 spiro atoms. The van der Waals surface area contributed by atoms with Gasteiger partial charge in [0.1, 0.15) is 5.54 Å². The molecule has 1 saturated heterocycles. The molecule has 1 fully saturated rings. The monoisotopic (exact) mass is 203 g/mol. The van der Waals surface area contributed by atoms with Crippen molar-refractivity contribution in [2.45, 2.75) is 19.4 Å². The Balaban J connectivity index is 2.45. The lowest BCUT2D eigenvalue weighted by molar-refractivity contribution is -0.127. The van der Waals surface area contributed by atoms with Crippen LogP contribution in [-0.4, -0.2) is 11.7 Å². The molecule has 1 aliphatic heterocycles. The third-order valence-corrected chi connectivity index (χ3v) is 3.00. The molecule has 1 aromatic rings. The fraction of sp³-hybridized carbons (Fsp3) is 0.333. The first kappa shape index (κ1) is 9.90.